The normalized spacial score (nSPS) is 21.0. The minimum Gasteiger partial charge on any atom is -0.315 e. The van der Waals surface area contributed by atoms with Crippen molar-refractivity contribution in [1.29, 1.82) is 0 Å². The molecule has 2 amide bonds. The molecule has 1 aliphatic rings. The van der Waals surface area contributed by atoms with Gasteiger partial charge in [0.2, 0.25) is 0 Å². The Labute approximate surface area is 183 Å². The number of para-hydroxylation sites is 2. The molecule has 0 radical (unpaired) electrons. The van der Waals surface area contributed by atoms with Gasteiger partial charge in [0, 0.05) is 12.7 Å². The number of carbonyl (C=O) groups is 1. The van der Waals surface area contributed by atoms with Crippen LogP contribution in [0.3, 0.4) is 0 Å². The highest BCUT2D eigenvalue weighted by molar-refractivity contribution is 5.89. The van der Waals surface area contributed by atoms with Crippen LogP contribution >= 0.6 is 0 Å². The van der Waals surface area contributed by atoms with Crippen molar-refractivity contribution in [3.63, 3.8) is 0 Å². The average molecular weight is 419 g/mol. The number of hydrogen-bond donors (Lipinski definition) is 1. The number of amides is 2. The van der Waals surface area contributed by atoms with Crippen LogP contribution in [-0.2, 0) is 5.54 Å². The Hall–Kier alpha value is -3.22. The predicted octanol–water partition coefficient (Wildman–Crippen LogP) is 4.85. The third-order valence-corrected chi connectivity index (χ3v) is 6.61. The molecular weight excluding hydrogens is 388 g/mol. The molecule has 1 N–H and O–H groups in total. The van der Waals surface area contributed by atoms with Crippen molar-refractivity contribution in [3.8, 4) is 5.69 Å². The molecular formula is C24H30N6O. The molecule has 1 fully saturated rings. The van der Waals surface area contributed by atoms with E-state index >= 15 is 0 Å². The van der Waals surface area contributed by atoms with Crippen molar-refractivity contribution in [3.05, 3.63) is 65.5 Å². The zero-order valence-corrected chi connectivity index (χ0v) is 18.7. The lowest BCUT2D eigenvalue weighted by atomic mass is 9.75. The van der Waals surface area contributed by atoms with Gasteiger partial charge >= 0.3 is 6.03 Å². The summed E-state index contributed by atoms with van der Waals surface area (Å²) < 4.78 is 1.84. The first kappa shape index (κ1) is 21.0. The van der Waals surface area contributed by atoms with E-state index in [9.17, 15) is 4.79 Å². The average Bonchev–Trinajstić information content (AvgIpc) is 3.24. The third kappa shape index (κ3) is 3.92. The van der Waals surface area contributed by atoms with E-state index in [1.807, 2.05) is 53.0 Å². The molecule has 7 nitrogen and oxygen atoms in total. The van der Waals surface area contributed by atoms with Gasteiger partial charge in [-0.2, -0.15) is 4.68 Å². The Kier molecular flexibility index (Phi) is 5.76. The highest BCUT2D eigenvalue weighted by Gasteiger charge is 2.46. The van der Waals surface area contributed by atoms with Gasteiger partial charge < -0.3 is 10.2 Å². The molecule has 0 saturated heterocycles. The van der Waals surface area contributed by atoms with E-state index in [-0.39, 0.29) is 6.03 Å². The van der Waals surface area contributed by atoms with Gasteiger partial charge in [0.05, 0.1) is 5.69 Å². The Bertz CT molecular complexity index is 1030. The quantitative estimate of drug-likeness (QED) is 0.657. The number of tetrazole rings is 1. The Morgan fingerprint density at radius 1 is 1.06 bits per heavy atom. The Balaban J connectivity index is 1.76. The van der Waals surface area contributed by atoms with Gasteiger partial charge in [0.25, 0.3) is 0 Å². The summed E-state index contributed by atoms with van der Waals surface area (Å²) in [4.78, 5) is 15.1. The maximum Gasteiger partial charge on any atom is 0.322 e. The number of urea groups is 1. The van der Waals surface area contributed by atoms with Crippen LogP contribution in [0.5, 0.6) is 0 Å². The second-order valence-corrected chi connectivity index (χ2v) is 8.72. The Morgan fingerprint density at radius 3 is 2.35 bits per heavy atom. The fraction of sp³-hybridized carbons (Fsp3) is 0.417. The number of aryl methyl sites for hydroxylation is 2. The van der Waals surface area contributed by atoms with Crippen LogP contribution in [0.1, 0.15) is 49.6 Å². The van der Waals surface area contributed by atoms with E-state index in [0.717, 1.165) is 54.0 Å². The van der Waals surface area contributed by atoms with Gasteiger partial charge in [-0.05, 0) is 79.1 Å². The van der Waals surface area contributed by atoms with E-state index < -0.39 is 5.54 Å². The topological polar surface area (TPSA) is 75.9 Å². The molecule has 0 spiro atoms. The van der Waals surface area contributed by atoms with E-state index in [0.29, 0.717) is 5.92 Å². The minimum absolute atomic E-state index is 0.156. The molecule has 0 atom stereocenters. The lowest BCUT2D eigenvalue weighted by molar-refractivity contribution is 0.0786. The fourth-order valence-electron chi connectivity index (χ4n) is 4.64. The molecule has 2 aromatic carbocycles. The zero-order chi connectivity index (χ0) is 22.0. The van der Waals surface area contributed by atoms with Crippen LogP contribution < -0.4 is 5.32 Å². The first-order valence-electron chi connectivity index (χ1n) is 10.9. The minimum atomic E-state index is -0.580. The Morgan fingerprint density at radius 2 is 1.71 bits per heavy atom. The highest BCUT2D eigenvalue weighted by Crippen LogP contribution is 2.43. The van der Waals surface area contributed by atoms with Crippen LogP contribution in [0.25, 0.3) is 5.69 Å². The summed E-state index contributed by atoms with van der Waals surface area (Å²) in [7, 11) is 1.86. The van der Waals surface area contributed by atoms with Gasteiger partial charge in [-0.15, -0.1) is 5.10 Å². The first-order chi connectivity index (χ1) is 14.9. The largest absolute Gasteiger partial charge is 0.322 e. The summed E-state index contributed by atoms with van der Waals surface area (Å²) in [6.07, 6.45) is 3.67. The number of nitrogens with one attached hydrogen (secondary N) is 1. The number of nitrogens with zero attached hydrogens (tertiary/aromatic N) is 5. The standard InChI is InChI=1S/C24H30N6O/c1-17-13-15-24(16-14-17,29(4)23(31)25-20-11-6-5-7-12-20)22-26-27-28-30(22)21-18(2)9-8-10-19(21)3/h5-12,17H,13-16H2,1-4H3,(H,25,31). The third-order valence-electron chi connectivity index (χ3n) is 6.61. The molecule has 3 aromatic rings. The van der Waals surface area contributed by atoms with Crippen LogP contribution in [0.2, 0.25) is 0 Å². The zero-order valence-electron chi connectivity index (χ0n) is 18.7. The van der Waals surface area contributed by atoms with Gasteiger partial charge in [-0.1, -0.05) is 43.3 Å². The van der Waals surface area contributed by atoms with Gasteiger partial charge in [0.15, 0.2) is 5.82 Å². The number of aromatic nitrogens is 4. The van der Waals surface area contributed by atoms with Crippen LogP contribution in [0.4, 0.5) is 10.5 Å². The van der Waals surface area contributed by atoms with Gasteiger partial charge in [-0.25, -0.2) is 4.79 Å². The van der Waals surface area contributed by atoms with Gasteiger partial charge in [-0.3, -0.25) is 0 Å². The lowest BCUT2D eigenvalue weighted by Crippen LogP contribution is -2.52. The summed E-state index contributed by atoms with van der Waals surface area (Å²) in [6.45, 7) is 6.40. The van der Waals surface area contributed by atoms with Crippen molar-refractivity contribution in [2.24, 2.45) is 5.92 Å². The molecule has 0 bridgehead atoms. The monoisotopic (exact) mass is 418 g/mol. The molecule has 1 heterocycles. The van der Waals surface area contributed by atoms with Crippen LogP contribution in [0, 0.1) is 19.8 Å². The molecule has 1 aliphatic carbocycles. The second-order valence-electron chi connectivity index (χ2n) is 8.72. The number of benzene rings is 2. The van der Waals surface area contributed by atoms with E-state index in [4.69, 9.17) is 0 Å². The summed E-state index contributed by atoms with van der Waals surface area (Å²) in [5.41, 5.74) is 3.38. The summed E-state index contributed by atoms with van der Waals surface area (Å²) >= 11 is 0. The number of anilines is 1. The molecule has 162 valence electrons. The van der Waals surface area contributed by atoms with Crippen molar-refractivity contribution in [2.75, 3.05) is 12.4 Å². The maximum absolute atomic E-state index is 13.3. The van der Waals surface area contributed by atoms with E-state index in [2.05, 4.69) is 53.7 Å². The molecule has 31 heavy (non-hydrogen) atoms. The fourth-order valence-corrected chi connectivity index (χ4v) is 4.64. The van der Waals surface area contributed by atoms with Crippen molar-refractivity contribution in [1.82, 2.24) is 25.1 Å². The molecule has 1 aromatic heterocycles. The summed E-state index contributed by atoms with van der Waals surface area (Å²) in [5, 5.41) is 15.9. The SMILES string of the molecule is Cc1cccc(C)c1-n1nnnc1C1(N(C)C(=O)Nc2ccccc2)CCC(C)CC1. The first-order valence-corrected chi connectivity index (χ1v) is 10.9. The second kappa shape index (κ2) is 8.49. The lowest BCUT2D eigenvalue weighted by Gasteiger charge is -2.44. The number of carbonyl (C=O) groups excluding carboxylic acids is 1. The summed E-state index contributed by atoms with van der Waals surface area (Å²) in [6, 6.07) is 15.5. The van der Waals surface area contributed by atoms with Crippen LogP contribution in [-0.4, -0.2) is 38.2 Å². The van der Waals surface area contributed by atoms with Gasteiger partial charge in [0.1, 0.15) is 5.54 Å². The molecule has 7 heteroatoms. The number of rotatable bonds is 4. The highest BCUT2D eigenvalue weighted by atomic mass is 16.2. The van der Waals surface area contributed by atoms with Crippen molar-refractivity contribution < 1.29 is 4.79 Å². The number of hydrogen-bond acceptors (Lipinski definition) is 4. The van der Waals surface area contributed by atoms with Crippen LogP contribution in [0.15, 0.2) is 48.5 Å². The maximum atomic E-state index is 13.3. The summed E-state index contributed by atoms with van der Waals surface area (Å²) in [5.74, 6) is 1.34. The molecule has 4 rings (SSSR count). The predicted molar refractivity (Wildman–Crippen MR) is 121 cm³/mol. The van der Waals surface area contributed by atoms with Crippen molar-refractivity contribution >= 4 is 11.7 Å². The molecule has 0 aliphatic heterocycles. The van der Waals surface area contributed by atoms with E-state index in [1.165, 1.54) is 0 Å². The smallest absolute Gasteiger partial charge is 0.315 e. The van der Waals surface area contributed by atoms with E-state index in [1.54, 1.807) is 0 Å². The molecule has 0 unspecified atom stereocenters. The van der Waals surface area contributed by atoms with Crippen molar-refractivity contribution in [2.45, 2.75) is 52.0 Å². The molecule has 1 saturated carbocycles.